The Hall–Kier alpha value is -3.39. The first-order valence-corrected chi connectivity index (χ1v) is 11.2. The lowest BCUT2D eigenvalue weighted by atomic mass is 10.1. The number of aromatic nitrogens is 3. The summed E-state index contributed by atoms with van der Waals surface area (Å²) >= 11 is 0. The Balaban J connectivity index is 1.46. The highest BCUT2D eigenvalue weighted by Gasteiger charge is 2.31. The summed E-state index contributed by atoms with van der Waals surface area (Å²) in [6.07, 6.45) is -1.54. The number of aryl methyl sites for hydroxylation is 2. The van der Waals surface area contributed by atoms with E-state index >= 15 is 0 Å². The van der Waals surface area contributed by atoms with Crippen molar-refractivity contribution in [1.82, 2.24) is 23.8 Å². The number of rotatable bonds is 5. The lowest BCUT2D eigenvalue weighted by Crippen LogP contribution is -2.43. The van der Waals surface area contributed by atoms with Gasteiger partial charge in [-0.25, -0.2) is 4.72 Å². The molecule has 0 unspecified atom stereocenters. The second-order valence-corrected chi connectivity index (χ2v) is 9.03. The number of hydrogen-bond acceptors (Lipinski definition) is 7. The fourth-order valence-electron chi connectivity index (χ4n) is 3.28. The van der Waals surface area contributed by atoms with E-state index < -0.39 is 27.9 Å². The number of benzene rings is 1. The molecule has 2 aromatic heterocycles. The van der Waals surface area contributed by atoms with E-state index in [-0.39, 0.29) is 30.5 Å². The zero-order valence-corrected chi connectivity index (χ0v) is 18.1. The lowest BCUT2D eigenvalue weighted by Gasteiger charge is -2.19. The number of alkyl halides is 3. The first kappa shape index (κ1) is 22.8. The first-order valence-electron chi connectivity index (χ1n) is 9.76. The van der Waals surface area contributed by atoms with Crippen molar-refractivity contribution in [3.05, 3.63) is 59.2 Å². The zero-order valence-electron chi connectivity index (χ0n) is 17.3. The van der Waals surface area contributed by atoms with Gasteiger partial charge in [-0.3, -0.25) is 9.48 Å². The van der Waals surface area contributed by atoms with Crippen molar-refractivity contribution in [3.8, 4) is 0 Å². The molecule has 0 spiro atoms. The molecule has 33 heavy (non-hydrogen) atoms. The fourth-order valence-corrected chi connectivity index (χ4v) is 4.41. The average molecular weight is 484 g/mol. The van der Waals surface area contributed by atoms with E-state index in [9.17, 15) is 26.4 Å². The standard InChI is InChI=1S/C19H19F3N6O4S/c1-12-3-4-13(19(20,21)22)9-15(12)24-18-25-16(11-32-18)17(29)26-33(30,31)27-7-2-8-28-14(10-27)5-6-23-28/h3-6,9,11H,2,7-8,10H2,1H3,(H,24,25)(H,26,29). The van der Waals surface area contributed by atoms with Crippen molar-refractivity contribution in [1.29, 1.82) is 0 Å². The van der Waals surface area contributed by atoms with Gasteiger partial charge in [0.25, 0.3) is 11.9 Å². The highest BCUT2D eigenvalue weighted by atomic mass is 32.2. The van der Waals surface area contributed by atoms with Crippen LogP contribution in [0.3, 0.4) is 0 Å². The van der Waals surface area contributed by atoms with Crippen molar-refractivity contribution in [2.45, 2.75) is 32.6 Å². The van der Waals surface area contributed by atoms with E-state index in [0.717, 1.165) is 22.7 Å². The summed E-state index contributed by atoms with van der Waals surface area (Å²) in [5.74, 6) is -1.04. The number of oxazole rings is 1. The molecule has 0 bridgehead atoms. The molecule has 0 saturated carbocycles. The lowest BCUT2D eigenvalue weighted by molar-refractivity contribution is -0.137. The number of anilines is 2. The van der Waals surface area contributed by atoms with Gasteiger partial charge < -0.3 is 9.73 Å². The normalized spacial score (nSPS) is 15.0. The smallest absolute Gasteiger partial charge is 0.416 e. The Morgan fingerprint density at radius 1 is 1.21 bits per heavy atom. The zero-order chi connectivity index (χ0) is 23.8. The van der Waals surface area contributed by atoms with E-state index in [1.165, 1.54) is 6.07 Å². The predicted molar refractivity (Wildman–Crippen MR) is 110 cm³/mol. The molecule has 1 amide bonds. The maximum Gasteiger partial charge on any atom is 0.416 e. The molecule has 0 fully saturated rings. The van der Waals surface area contributed by atoms with E-state index in [1.807, 2.05) is 4.72 Å². The molecule has 10 nitrogen and oxygen atoms in total. The summed E-state index contributed by atoms with van der Waals surface area (Å²) in [5.41, 5.74) is 0.0212. The molecule has 0 atom stereocenters. The third-order valence-corrected chi connectivity index (χ3v) is 6.46. The monoisotopic (exact) mass is 484 g/mol. The van der Waals surface area contributed by atoms with Crippen molar-refractivity contribution in [3.63, 3.8) is 0 Å². The minimum atomic E-state index is -4.54. The Bertz CT molecular complexity index is 1280. The molecule has 0 saturated heterocycles. The van der Waals surface area contributed by atoms with Crippen LogP contribution >= 0.6 is 0 Å². The first-order chi connectivity index (χ1) is 15.5. The van der Waals surface area contributed by atoms with Crippen LogP contribution in [0.2, 0.25) is 0 Å². The van der Waals surface area contributed by atoms with Crippen LogP contribution in [0.15, 0.2) is 41.1 Å². The second kappa shape index (κ2) is 8.51. The fraction of sp³-hybridized carbons (Fsp3) is 0.316. The van der Waals surface area contributed by atoms with Gasteiger partial charge in [0.2, 0.25) is 0 Å². The van der Waals surface area contributed by atoms with Gasteiger partial charge in [-0.15, -0.1) is 0 Å². The Labute approximate surface area is 186 Å². The number of carbonyl (C=O) groups excluding carboxylic acids is 1. The van der Waals surface area contributed by atoms with E-state index in [1.54, 1.807) is 23.9 Å². The number of hydrogen-bond donors (Lipinski definition) is 2. The SMILES string of the molecule is Cc1ccc(C(F)(F)F)cc1Nc1nc(C(=O)NS(=O)(=O)N2CCCn3nccc3C2)co1. The molecule has 1 aliphatic rings. The quantitative estimate of drug-likeness (QED) is 0.571. The van der Waals surface area contributed by atoms with E-state index in [2.05, 4.69) is 15.4 Å². The maximum atomic E-state index is 13.0. The van der Waals surface area contributed by atoms with Gasteiger partial charge in [0.1, 0.15) is 6.26 Å². The van der Waals surface area contributed by atoms with Crippen LogP contribution in [0.5, 0.6) is 0 Å². The summed E-state index contributed by atoms with van der Waals surface area (Å²) in [5, 5.41) is 6.70. The Morgan fingerprint density at radius 2 is 2.00 bits per heavy atom. The van der Waals surface area contributed by atoms with Gasteiger partial charge in [0, 0.05) is 25.0 Å². The molecule has 3 heterocycles. The van der Waals surface area contributed by atoms with Crippen LogP contribution < -0.4 is 10.0 Å². The highest BCUT2D eigenvalue weighted by Crippen LogP contribution is 2.33. The summed E-state index contributed by atoms with van der Waals surface area (Å²) < 4.78 is 74.2. The van der Waals surface area contributed by atoms with Crippen LogP contribution in [0.1, 0.15) is 33.7 Å². The van der Waals surface area contributed by atoms with Crippen LogP contribution in [0.25, 0.3) is 0 Å². The van der Waals surface area contributed by atoms with Crippen LogP contribution in [-0.4, -0.2) is 39.9 Å². The molecule has 14 heteroatoms. The number of fused-ring (bicyclic) bond motifs is 1. The van der Waals surface area contributed by atoms with Gasteiger partial charge in [-0.05, 0) is 37.1 Å². The Morgan fingerprint density at radius 3 is 2.76 bits per heavy atom. The number of nitrogens with zero attached hydrogens (tertiary/aromatic N) is 4. The molecule has 2 N–H and O–H groups in total. The molecular weight excluding hydrogens is 465 g/mol. The third-order valence-electron chi connectivity index (χ3n) is 5.03. The van der Waals surface area contributed by atoms with Crippen molar-refractivity contribution < 1.29 is 30.8 Å². The minimum absolute atomic E-state index is 0.0447. The Kier molecular flexibility index (Phi) is 5.88. The molecular formula is C19H19F3N6O4S. The molecule has 4 rings (SSSR count). The molecule has 3 aromatic rings. The third kappa shape index (κ3) is 5.01. The predicted octanol–water partition coefficient (Wildman–Crippen LogP) is 2.82. The molecule has 176 valence electrons. The minimum Gasteiger partial charge on any atom is -0.431 e. The van der Waals surface area contributed by atoms with Gasteiger partial charge in [0.05, 0.1) is 17.8 Å². The summed E-state index contributed by atoms with van der Waals surface area (Å²) in [6, 6.07) is 4.53. The van der Waals surface area contributed by atoms with Crippen LogP contribution in [0.4, 0.5) is 24.9 Å². The molecule has 1 aromatic carbocycles. The van der Waals surface area contributed by atoms with Gasteiger partial charge >= 0.3 is 16.4 Å². The maximum absolute atomic E-state index is 13.0. The number of halogens is 3. The summed E-state index contributed by atoms with van der Waals surface area (Å²) in [4.78, 5) is 16.3. The van der Waals surface area contributed by atoms with E-state index in [0.29, 0.717) is 24.2 Å². The molecule has 0 radical (unpaired) electrons. The molecule has 1 aliphatic heterocycles. The topological polar surface area (TPSA) is 122 Å². The van der Waals surface area contributed by atoms with Crippen LogP contribution in [0, 0.1) is 6.92 Å². The van der Waals surface area contributed by atoms with E-state index in [4.69, 9.17) is 4.42 Å². The molecule has 0 aliphatic carbocycles. The number of amides is 1. The van der Waals surface area contributed by atoms with Crippen molar-refractivity contribution in [2.24, 2.45) is 0 Å². The summed E-state index contributed by atoms with van der Waals surface area (Å²) in [6.45, 7) is 2.36. The highest BCUT2D eigenvalue weighted by molar-refractivity contribution is 7.87. The number of carbonyl (C=O) groups is 1. The van der Waals surface area contributed by atoms with Crippen molar-refractivity contribution >= 4 is 27.8 Å². The van der Waals surface area contributed by atoms with Gasteiger partial charge in [-0.1, -0.05) is 6.07 Å². The van der Waals surface area contributed by atoms with Crippen molar-refractivity contribution in [2.75, 3.05) is 11.9 Å². The largest absolute Gasteiger partial charge is 0.431 e. The van der Waals surface area contributed by atoms with Crippen LogP contribution in [-0.2, 0) is 29.5 Å². The second-order valence-electron chi connectivity index (χ2n) is 7.36. The van der Waals surface area contributed by atoms with Gasteiger partial charge in [-0.2, -0.15) is 36.0 Å². The average Bonchev–Trinajstić information content (AvgIpc) is 3.33. The number of nitrogens with one attached hydrogen (secondary N) is 2. The summed E-state index contributed by atoms with van der Waals surface area (Å²) in [7, 11) is -4.19. The van der Waals surface area contributed by atoms with Gasteiger partial charge in [0.15, 0.2) is 5.69 Å².